The molecule has 0 fully saturated rings. The molecule has 0 saturated heterocycles. The van der Waals surface area contributed by atoms with E-state index < -0.39 is 11.5 Å². The molecule has 1 unspecified atom stereocenters. The fourth-order valence-electron chi connectivity index (χ4n) is 2.11. The van der Waals surface area contributed by atoms with E-state index in [0.29, 0.717) is 18.5 Å². The maximum atomic E-state index is 13.8. The lowest BCUT2D eigenvalue weighted by Crippen LogP contribution is -2.44. The van der Waals surface area contributed by atoms with Crippen LogP contribution in [0.25, 0.3) is 0 Å². The maximum absolute atomic E-state index is 13.8. The Balaban J connectivity index is 2.46. The summed E-state index contributed by atoms with van der Waals surface area (Å²) >= 11 is 0. The highest BCUT2D eigenvalue weighted by Gasteiger charge is 2.24. The lowest BCUT2D eigenvalue weighted by Gasteiger charge is -2.26. The van der Waals surface area contributed by atoms with Crippen LogP contribution in [0.1, 0.15) is 39.2 Å². The zero-order chi connectivity index (χ0) is 15.9. The summed E-state index contributed by atoms with van der Waals surface area (Å²) < 4.78 is 13.8. The molecule has 1 aromatic carbocycles. The first kappa shape index (κ1) is 17.4. The number of benzene rings is 1. The Bertz CT molecular complexity index is 463. The van der Waals surface area contributed by atoms with Crippen LogP contribution in [0.4, 0.5) is 9.18 Å². The van der Waals surface area contributed by atoms with Gasteiger partial charge in [0.05, 0.1) is 6.10 Å². The molecule has 1 rings (SSSR count). The molecule has 0 aliphatic carbocycles. The topological polar surface area (TPSA) is 61.4 Å². The SMILES string of the molecule is CCCC(O)CNC(=O)NCC(C)(C)c1ccccc1F. The van der Waals surface area contributed by atoms with Gasteiger partial charge in [0, 0.05) is 18.5 Å². The summed E-state index contributed by atoms with van der Waals surface area (Å²) in [7, 11) is 0. The fourth-order valence-corrected chi connectivity index (χ4v) is 2.11. The number of urea groups is 1. The average Bonchev–Trinajstić information content (AvgIpc) is 2.43. The Morgan fingerprint density at radius 2 is 2.00 bits per heavy atom. The second-order valence-electron chi connectivity index (χ2n) is 5.87. The van der Waals surface area contributed by atoms with Gasteiger partial charge in [0.15, 0.2) is 0 Å². The normalized spacial score (nSPS) is 12.8. The van der Waals surface area contributed by atoms with E-state index >= 15 is 0 Å². The molecule has 0 saturated carbocycles. The average molecular weight is 296 g/mol. The van der Waals surface area contributed by atoms with Gasteiger partial charge in [0.1, 0.15) is 5.82 Å². The molecule has 0 aliphatic heterocycles. The predicted molar refractivity (Wildman–Crippen MR) is 81.7 cm³/mol. The molecular weight excluding hydrogens is 271 g/mol. The molecule has 118 valence electrons. The van der Waals surface area contributed by atoms with Crippen LogP contribution >= 0.6 is 0 Å². The van der Waals surface area contributed by atoms with Crippen molar-refractivity contribution in [2.45, 2.75) is 45.1 Å². The summed E-state index contributed by atoms with van der Waals surface area (Å²) in [6, 6.07) is 6.21. The third-order valence-electron chi connectivity index (χ3n) is 3.41. The standard InChI is InChI=1S/C16H25FN2O2/c1-4-7-12(20)10-18-15(21)19-11-16(2,3)13-8-5-6-9-14(13)17/h5-6,8-9,12,20H,4,7,10-11H2,1-3H3,(H2,18,19,21). The molecule has 0 radical (unpaired) electrons. The van der Waals surface area contributed by atoms with Crippen LogP contribution < -0.4 is 10.6 Å². The van der Waals surface area contributed by atoms with Crippen LogP contribution in [0.15, 0.2) is 24.3 Å². The van der Waals surface area contributed by atoms with E-state index in [0.717, 1.165) is 6.42 Å². The molecule has 2 amide bonds. The number of aliphatic hydroxyl groups excluding tert-OH is 1. The lowest BCUT2D eigenvalue weighted by molar-refractivity contribution is 0.160. The quantitative estimate of drug-likeness (QED) is 0.724. The smallest absolute Gasteiger partial charge is 0.314 e. The zero-order valence-electron chi connectivity index (χ0n) is 12.9. The summed E-state index contributed by atoms with van der Waals surface area (Å²) in [5.74, 6) is -0.275. The molecule has 0 bridgehead atoms. The molecule has 5 heteroatoms. The van der Waals surface area contributed by atoms with Gasteiger partial charge in [-0.1, -0.05) is 45.4 Å². The molecule has 0 aliphatic rings. The summed E-state index contributed by atoms with van der Waals surface area (Å²) in [5.41, 5.74) is 0.0568. The van der Waals surface area contributed by atoms with Gasteiger partial charge >= 0.3 is 6.03 Å². The lowest BCUT2D eigenvalue weighted by atomic mass is 9.84. The van der Waals surface area contributed by atoms with E-state index in [1.807, 2.05) is 20.8 Å². The second kappa shape index (κ2) is 7.98. The van der Waals surface area contributed by atoms with Gasteiger partial charge in [-0.2, -0.15) is 0 Å². The minimum Gasteiger partial charge on any atom is -0.391 e. The van der Waals surface area contributed by atoms with Gasteiger partial charge in [-0.3, -0.25) is 0 Å². The number of carbonyl (C=O) groups is 1. The molecule has 0 heterocycles. The van der Waals surface area contributed by atoms with Crippen molar-refractivity contribution in [3.8, 4) is 0 Å². The first-order valence-electron chi connectivity index (χ1n) is 7.31. The number of carbonyl (C=O) groups excluding carboxylic acids is 1. The molecule has 21 heavy (non-hydrogen) atoms. The van der Waals surface area contributed by atoms with Gasteiger partial charge < -0.3 is 15.7 Å². The first-order valence-corrected chi connectivity index (χ1v) is 7.31. The largest absolute Gasteiger partial charge is 0.391 e. The minimum atomic E-state index is -0.527. The van der Waals surface area contributed by atoms with Crippen molar-refractivity contribution in [2.24, 2.45) is 0 Å². The van der Waals surface area contributed by atoms with Gasteiger partial charge in [0.2, 0.25) is 0 Å². The maximum Gasteiger partial charge on any atom is 0.314 e. The van der Waals surface area contributed by atoms with E-state index in [1.54, 1.807) is 18.2 Å². The molecule has 0 aromatic heterocycles. The van der Waals surface area contributed by atoms with Gasteiger partial charge in [-0.25, -0.2) is 9.18 Å². The Labute approximate surface area is 125 Å². The van der Waals surface area contributed by atoms with E-state index in [1.165, 1.54) is 6.07 Å². The third-order valence-corrected chi connectivity index (χ3v) is 3.41. The zero-order valence-corrected chi connectivity index (χ0v) is 12.9. The van der Waals surface area contributed by atoms with Gasteiger partial charge in [-0.15, -0.1) is 0 Å². The van der Waals surface area contributed by atoms with Crippen molar-refractivity contribution in [2.75, 3.05) is 13.1 Å². The van der Waals surface area contributed by atoms with Crippen molar-refractivity contribution >= 4 is 6.03 Å². The summed E-state index contributed by atoms with van der Waals surface area (Å²) in [4.78, 5) is 11.7. The van der Waals surface area contributed by atoms with Crippen LogP contribution in [0, 0.1) is 5.82 Å². The molecule has 4 nitrogen and oxygen atoms in total. The van der Waals surface area contributed by atoms with Crippen molar-refractivity contribution in [3.05, 3.63) is 35.6 Å². The van der Waals surface area contributed by atoms with Crippen LogP contribution in [-0.2, 0) is 5.41 Å². The summed E-state index contributed by atoms with van der Waals surface area (Å²) in [6.45, 7) is 6.25. The Hall–Kier alpha value is -1.62. The van der Waals surface area contributed by atoms with Crippen LogP contribution in [0.5, 0.6) is 0 Å². The van der Waals surface area contributed by atoms with Crippen LogP contribution in [0.3, 0.4) is 0 Å². The third kappa shape index (κ3) is 5.71. The number of rotatable bonds is 7. The number of hydrogen-bond donors (Lipinski definition) is 3. The van der Waals surface area contributed by atoms with Crippen molar-refractivity contribution in [3.63, 3.8) is 0 Å². The number of nitrogens with one attached hydrogen (secondary N) is 2. The van der Waals surface area contributed by atoms with E-state index in [4.69, 9.17) is 0 Å². The molecule has 3 N–H and O–H groups in total. The number of amides is 2. The van der Waals surface area contributed by atoms with Crippen LogP contribution in [0.2, 0.25) is 0 Å². The summed E-state index contributed by atoms with van der Waals surface area (Å²) in [6.07, 6.45) is 0.992. The molecule has 1 atom stereocenters. The number of halogens is 1. The van der Waals surface area contributed by atoms with Crippen molar-refractivity contribution in [1.29, 1.82) is 0 Å². The van der Waals surface area contributed by atoms with Crippen LogP contribution in [-0.4, -0.2) is 30.3 Å². The molecule has 0 spiro atoms. The van der Waals surface area contributed by atoms with Gasteiger partial charge in [-0.05, 0) is 18.1 Å². The van der Waals surface area contributed by atoms with Gasteiger partial charge in [0.25, 0.3) is 0 Å². The Morgan fingerprint density at radius 3 is 2.62 bits per heavy atom. The van der Waals surface area contributed by atoms with E-state index in [9.17, 15) is 14.3 Å². The van der Waals surface area contributed by atoms with Crippen molar-refractivity contribution in [1.82, 2.24) is 10.6 Å². The predicted octanol–water partition coefficient (Wildman–Crippen LogP) is 2.56. The van der Waals surface area contributed by atoms with E-state index in [-0.39, 0.29) is 18.4 Å². The number of aliphatic hydroxyl groups is 1. The number of hydrogen-bond acceptors (Lipinski definition) is 2. The Kier molecular flexibility index (Phi) is 6.62. The first-order chi connectivity index (χ1) is 9.86. The minimum absolute atomic E-state index is 0.222. The highest BCUT2D eigenvalue weighted by molar-refractivity contribution is 5.74. The molecule has 1 aromatic rings. The Morgan fingerprint density at radius 1 is 1.33 bits per heavy atom. The molecular formula is C16H25FN2O2. The van der Waals surface area contributed by atoms with E-state index in [2.05, 4.69) is 10.6 Å². The summed E-state index contributed by atoms with van der Waals surface area (Å²) in [5, 5.41) is 14.9. The van der Waals surface area contributed by atoms with Crippen molar-refractivity contribution < 1.29 is 14.3 Å². The highest BCUT2D eigenvalue weighted by Crippen LogP contribution is 2.24. The fraction of sp³-hybridized carbons (Fsp3) is 0.562. The monoisotopic (exact) mass is 296 g/mol. The highest BCUT2D eigenvalue weighted by atomic mass is 19.1. The second-order valence-corrected chi connectivity index (χ2v) is 5.87.